The van der Waals surface area contributed by atoms with Gasteiger partial charge in [0.1, 0.15) is 5.82 Å². The van der Waals surface area contributed by atoms with Gasteiger partial charge in [-0.1, -0.05) is 24.3 Å². The van der Waals surface area contributed by atoms with E-state index in [9.17, 15) is 19.3 Å². The zero-order valence-corrected chi connectivity index (χ0v) is 15.2. The Balaban J connectivity index is 1.61. The second-order valence-electron chi connectivity index (χ2n) is 6.84. The van der Waals surface area contributed by atoms with Crippen molar-refractivity contribution in [2.75, 3.05) is 13.1 Å². The number of nitrogens with zero attached hydrogens (tertiary/aromatic N) is 2. The normalized spacial score (nSPS) is 14.3. The summed E-state index contributed by atoms with van der Waals surface area (Å²) in [6.45, 7) is 4.79. The SMILES string of the molecule is Cc1c(F)cc(C(=O)NCc2ccc(CN3CCCC3)cc2)cc1[N+](=O)[O-]. The third kappa shape index (κ3) is 4.68. The molecule has 142 valence electrons. The van der Waals surface area contributed by atoms with Crippen molar-refractivity contribution >= 4 is 11.6 Å². The Morgan fingerprint density at radius 2 is 1.81 bits per heavy atom. The minimum absolute atomic E-state index is 0.0598. The van der Waals surface area contributed by atoms with Crippen LogP contribution in [0.4, 0.5) is 10.1 Å². The van der Waals surface area contributed by atoms with Gasteiger partial charge in [-0.05, 0) is 50.0 Å². The summed E-state index contributed by atoms with van der Waals surface area (Å²) in [5, 5.41) is 13.7. The van der Waals surface area contributed by atoms with Gasteiger partial charge in [-0.2, -0.15) is 0 Å². The molecule has 27 heavy (non-hydrogen) atoms. The molecule has 0 radical (unpaired) electrons. The van der Waals surface area contributed by atoms with Gasteiger partial charge < -0.3 is 5.32 Å². The summed E-state index contributed by atoms with van der Waals surface area (Å²) in [7, 11) is 0. The van der Waals surface area contributed by atoms with Crippen LogP contribution in [-0.2, 0) is 13.1 Å². The predicted molar refractivity (Wildman–Crippen MR) is 99.9 cm³/mol. The van der Waals surface area contributed by atoms with E-state index < -0.39 is 22.3 Å². The van der Waals surface area contributed by atoms with Crippen molar-refractivity contribution in [3.05, 3.63) is 74.6 Å². The fraction of sp³-hybridized carbons (Fsp3) is 0.350. The molecule has 3 rings (SSSR count). The fourth-order valence-electron chi connectivity index (χ4n) is 3.23. The molecule has 0 atom stereocenters. The van der Waals surface area contributed by atoms with E-state index in [0.717, 1.165) is 37.3 Å². The molecule has 6 nitrogen and oxygen atoms in total. The van der Waals surface area contributed by atoms with Crippen molar-refractivity contribution in [2.24, 2.45) is 0 Å². The molecule has 1 aliphatic rings. The van der Waals surface area contributed by atoms with Crippen LogP contribution in [0.15, 0.2) is 36.4 Å². The molecular formula is C20H22FN3O3. The quantitative estimate of drug-likeness (QED) is 0.622. The lowest BCUT2D eigenvalue weighted by Gasteiger charge is -2.14. The third-order valence-electron chi connectivity index (χ3n) is 4.86. The summed E-state index contributed by atoms with van der Waals surface area (Å²) < 4.78 is 13.8. The fourth-order valence-corrected chi connectivity index (χ4v) is 3.23. The molecule has 2 aromatic rings. The van der Waals surface area contributed by atoms with Gasteiger partial charge >= 0.3 is 0 Å². The average Bonchev–Trinajstić information content (AvgIpc) is 3.15. The molecule has 0 unspecified atom stereocenters. The Morgan fingerprint density at radius 1 is 1.19 bits per heavy atom. The monoisotopic (exact) mass is 371 g/mol. The number of likely N-dealkylation sites (tertiary alicyclic amines) is 1. The molecule has 0 aromatic heterocycles. The Bertz CT molecular complexity index is 846. The first-order chi connectivity index (χ1) is 12.9. The van der Waals surface area contributed by atoms with Crippen molar-refractivity contribution in [3.63, 3.8) is 0 Å². The number of hydrogen-bond donors (Lipinski definition) is 1. The van der Waals surface area contributed by atoms with Crippen LogP contribution in [0.1, 0.15) is 39.9 Å². The zero-order valence-electron chi connectivity index (χ0n) is 15.2. The first-order valence-electron chi connectivity index (χ1n) is 8.97. The van der Waals surface area contributed by atoms with E-state index in [1.54, 1.807) is 0 Å². The average molecular weight is 371 g/mol. The molecule has 0 saturated carbocycles. The van der Waals surface area contributed by atoms with E-state index in [0.29, 0.717) is 0 Å². The van der Waals surface area contributed by atoms with E-state index in [4.69, 9.17) is 0 Å². The van der Waals surface area contributed by atoms with Crippen LogP contribution in [0.25, 0.3) is 0 Å². The summed E-state index contributed by atoms with van der Waals surface area (Å²) >= 11 is 0. The molecule has 0 bridgehead atoms. The van der Waals surface area contributed by atoms with Gasteiger partial charge in [0.15, 0.2) is 0 Å². The molecule has 0 spiro atoms. The van der Waals surface area contributed by atoms with Crippen LogP contribution < -0.4 is 5.32 Å². The van der Waals surface area contributed by atoms with E-state index in [-0.39, 0.29) is 17.7 Å². The number of carbonyl (C=O) groups is 1. The maximum atomic E-state index is 13.8. The lowest BCUT2D eigenvalue weighted by atomic mass is 10.1. The molecule has 1 heterocycles. The number of carbonyl (C=O) groups excluding carboxylic acids is 1. The van der Waals surface area contributed by atoms with Gasteiger partial charge in [0.2, 0.25) is 0 Å². The van der Waals surface area contributed by atoms with Gasteiger partial charge in [-0.15, -0.1) is 0 Å². The number of nitro groups is 1. The van der Waals surface area contributed by atoms with Gasteiger partial charge in [0.05, 0.1) is 10.5 Å². The summed E-state index contributed by atoms with van der Waals surface area (Å²) in [6, 6.07) is 10.1. The van der Waals surface area contributed by atoms with E-state index in [1.807, 2.05) is 24.3 Å². The second-order valence-corrected chi connectivity index (χ2v) is 6.84. The van der Waals surface area contributed by atoms with Crippen LogP contribution in [-0.4, -0.2) is 28.8 Å². The number of rotatable bonds is 6. The lowest BCUT2D eigenvalue weighted by Crippen LogP contribution is -2.23. The van der Waals surface area contributed by atoms with Crippen molar-refractivity contribution in [1.29, 1.82) is 0 Å². The molecule has 0 aliphatic carbocycles. The summed E-state index contributed by atoms with van der Waals surface area (Å²) in [6.07, 6.45) is 2.50. The third-order valence-corrected chi connectivity index (χ3v) is 4.86. The lowest BCUT2D eigenvalue weighted by molar-refractivity contribution is -0.385. The largest absolute Gasteiger partial charge is 0.348 e. The number of amides is 1. The highest BCUT2D eigenvalue weighted by atomic mass is 19.1. The van der Waals surface area contributed by atoms with Gasteiger partial charge in [0, 0.05) is 24.7 Å². The van der Waals surface area contributed by atoms with Gasteiger partial charge in [-0.3, -0.25) is 19.8 Å². The van der Waals surface area contributed by atoms with Crippen LogP contribution in [0.5, 0.6) is 0 Å². The molecule has 1 fully saturated rings. The highest BCUT2D eigenvalue weighted by Crippen LogP contribution is 2.23. The van der Waals surface area contributed by atoms with Gasteiger partial charge in [0.25, 0.3) is 11.6 Å². The number of nitrogens with one attached hydrogen (secondary N) is 1. The first-order valence-corrected chi connectivity index (χ1v) is 8.97. The van der Waals surface area contributed by atoms with Crippen molar-refractivity contribution < 1.29 is 14.1 Å². The van der Waals surface area contributed by atoms with Gasteiger partial charge in [-0.25, -0.2) is 4.39 Å². The number of nitro benzene ring substituents is 1. The molecule has 7 heteroatoms. The van der Waals surface area contributed by atoms with Crippen LogP contribution >= 0.6 is 0 Å². The van der Waals surface area contributed by atoms with Crippen molar-refractivity contribution in [2.45, 2.75) is 32.9 Å². The molecule has 1 saturated heterocycles. The minimum Gasteiger partial charge on any atom is -0.348 e. The van der Waals surface area contributed by atoms with E-state index >= 15 is 0 Å². The smallest absolute Gasteiger partial charge is 0.276 e. The summed E-state index contributed by atoms with van der Waals surface area (Å²) in [5.41, 5.74) is 1.60. The minimum atomic E-state index is -0.763. The number of halogens is 1. The highest BCUT2D eigenvalue weighted by molar-refractivity contribution is 5.95. The Labute approximate surface area is 157 Å². The van der Waals surface area contributed by atoms with Crippen LogP contribution in [0.2, 0.25) is 0 Å². The zero-order chi connectivity index (χ0) is 19.4. The maximum absolute atomic E-state index is 13.8. The predicted octanol–water partition coefficient (Wildman–Crippen LogP) is 3.57. The summed E-state index contributed by atoms with van der Waals surface area (Å²) in [4.78, 5) is 25.0. The molecule has 1 aliphatic heterocycles. The van der Waals surface area contributed by atoms with E-state index in [1.165, 1.54) is 25.3 Å². The molecule has 1 amide bonds. The first kappa shape index (κ1) is 19.0. The topological polar surface area (TPSA) is 75.5 Å². The Morgan fingerprint density at radius 3 is 2.44 bits per heavy atom. The van der Waals surface area contributed by atoms with Crippen LogP contribution in [0, 0.1) is 22.9 Å². The summed E-state index contributed by atoms with van der Waals surface area (Å²) in [5.74, 6) is -1.31. The van der Waals surface area contributed by atoms with Crippen molar-refractivity contribution in [1.82, 2.24) is 10.2 Å². The van der Waals surface area contributed by atoms with Crippen LogP contribution in [0.3, 0.4) is 0 Å². The molecule has 2 aromatic carbocycles. The number of benzene rings is 2. The molecule has 1 N–H and O–H groups in total. The number of hydrogen-bond acceptors (Lipinski definition) is 4. The Hall–Kier alpha value is -2.80. The van der Waals surface area contributed by atoms with Crippen molar-refractivity contribution in [3.8, 4) is 0 Å². The Kier molecular flexibility index (Phi) is 5.81. The molecular weight excluding hydrogens is 349 g/mol. The highest BCUT2D eigenvalue weighted by Gasteiger charge is 2.19. The van der Waals surface area contributed by atoms with E-state index in [2.05, 4.69) is 10.2 Å². The standard InChI is InChI=1S/C20H22FN3O3/c1-14-18(21)10-17(11-19(14)24(26)27)20(25)22-12-15-4-6-16(7-5-15)13-23-8-2-3-9-23/h4-7,10-11H,2-3,8-9,12-13H2,1H3,(H,22,25). The maximum Gasteiger partial charge on any atom is 0.276 e. The second kappa shape index (κ2) is 8.26.